The third-order valence-corrected chi connectivity index (χ3v) is 5.58. The number of amides is 3. The number of Topliss-reactive ketones (excluding diaryl/α,β-unsaturated/α-hetero) is 1. The van der Waals surface area contributed by atoms with Crippen molar-refractivity contribution in [2.45, 2.75) is 25.9 Å². The zero-order valence-electron chi connectivity index (χ0n) is 18.3. The van der Waals surface area contributed by atoms with Crippen LogP contribution in [0.4, 0.5) is 20.6 Å². The van der Waals surface area contributed by atoms with Crippen molar-refractivity contribution in [2.75, 3.05) is 55.7 Å². The lowest BCUT2D eigenvalue weighted by Crippen LogP contribution is -2.52. The number of cyclic esters (lactones) is 1. The lowest BCUT2D eigenvalue weighted by atomic mass is 10.1. The van der Waals surface area contributed by atoms with E-state index in [-0.39, 0.29) is 44.2 Å². The summed E-state index contributed by atoms with van der Waals surface area (Å²) in [5, 5.41) is 20.5. The molecule has 0 bridgehead atoms. The van der Waals surface area contributed by atoms with E-state index in [9.17, 15) is 29.4 Å². The normalized spacial score (nSPS) is 18.9. The van der Waals surface area contributed by atoms with Gasteiger partial charge in [-0.2, -0.15) is 0 Å². The third kappa shape index (κ3) is 5.57. The predicted molar refractivity (Wildman–Crippen MR) is 114 cm³/mol. The third-order valence-electron chi connectivity index (χ3n) is 5.58. The van der Waals surface area contributed by atoms with Crippen LogP contribution >= 0.6 is 0 Å². The molecule has 0 aromatic heterocycles. The van der Waals surface area contributed by atoms with Crippen molar-refractivity contribution >= 4 is 35.1 Å². The Morgan fingerprint density at radius 2 is 1.67 bits per heavy atom. The number of nitrogens with zero attached hydrogens (tertiary/aromatic N) is 4. The summed E-state index contributed by atoms with van der Waals surface area (Å²) in [6.45, 7) is 0.418. The van der Waals surface area contributed by atoms with Gasteiger partial charge in [0.1, 0.15) is 30.9 Å². The first-order chi connectivity index (χ1) is 15.7. The second-order valence-electron chi connectivity index (χ2n) is 7.83. The number of hydrazine groups is 1. The molecule has 2 heterocycles. The highest BCUT2D eigenvalue weighted by Crippen LogP contribution is 2.29. The zero-order valence-corrected chi connectivity index (χ0v) is 18.3. The predicted octanol–water partition coefficient (Wildman–Crippen LogP) is -0.103. The number of ether oxygens (including phenoxy) is 1. The lowest BCUT2D eigenvalue weighted by Gasteiger charge is -2.31. The van der Waals surface area contributed by atoms with Gasteiger partial charge in [-0.3, -0.25) is 14.5 Å². The van der Waals surface area contributed by atoms with Gasteiger partial charge in [-0.25, -0.2) is 19.2 Å². The summed E-state index contributed by atoms with van der Waals surface area (Å²) in [4.78, 5) is 50.4. The summed E-state index contributed by atoms with van der Waals surface area (Å²) in [7, 11) is 0. The zero-order chi connectivity index (χ0) is 24.1. The van der Waals surface area contributed by atoms with E-state index in [0.29, 0.717) is 18.5 Å². The number of hydrogen-bond donors (Lipinski definition) is 2. The molecule has 2 fully saturated rings. The molecule has 2 N–H and O–H groups in total. The molecular weight excluding hydrogens is 439 g/mol. The molecule has 0 saturated carbocycles. The maximum Gasteiger partial charge on any atom is 0.414 e. The van der Waals surface area contributed by atoms with Crippen LogP contribution in [0.3, 0.4) is 0 Å². The van der Waals surface area contributed by atoms with Gasteiger partial charge >= 0.3 is 6.09 Å². The fourth-order valence-electron chi connectivity index (χ4n) is 3.87. The van der Waals surface area contributed by atoms with Crippen LogP contribution < -0.4 is 9.80 Å². The van der Waals surface area contributed by atoms with Gasteiger partial charge in [-0.05, 0) is 31.5 Å². The van der Waals surface area contributed by atoms with Crippen molar-refractivity contribution in [3.05, 3.63) is 24.0 Å². The number of rotatable bonds is 7. The number of anilines is 2. The van der Waals surface area contributed by atoms with Gasteiger partial charge in [0.2, 0.25) is 0 Å². The van der Waals surface area contributed by atoms with Gasteiger partial charge in [-0.15, -0.1) is 0 Å². The van der Waals surface area contributed by atoms with Gasteiger partial charge in [0, 0.05) is 19.5 Å². The molecule has 0 spiro atoms. The number of carbonyl (C=O) groups is 4. The fourth-order valence-corrected chi connectivity index (χ4v) is 3.87. The van der Waals surface area contributed by atoms with E-state index in [2.05, 4.69) is 0 Å². The van der Waals surface area contributed by atoms with Crippen LogP contribution in [0.15, 0.2) is 18.2 Å². The molecule has 180 valence electrons. The molecule has 2 aliphatic heterocycles. The van der Waals surface area contributed by atoms with Crippen molar-refractivity contribution < 1.29 is 38.5 Å². The molecular formula is C21H27FN4O7. The molecule has 0 aliphatic carbocycles. The average Bonchev–Trinajstić information content (AvgIpc) is 3.03. The highest BCUT2D eigenvalue weighted by atomic mass is 19.1. The molecule has 0 radical (unpaired) electrons. The van der Waals surface area contributed by atoms with Crippen molar-refractivity contribution in [3.8, 4) is 0 Å². The van der Waals surface area contributed by atoms with Gasteiger partial charge in [0.15, 0.2) is 0 Å². The van der Waals surface area contributed by atoms with E-state index < -0.39 is 43.0 Å². The first-order valence-electron chi connectivity index (χ1n) is 10.6. The highest BCUT2D eigenvalue weighted by molar-refractivity contribution is 5.90. The highest BCUT2D eigenvalue weighted by Gasteiger charge is 2.33. The number of aliphatic hydroxyl groups excluding tert-OH is 2. The van der Waals surface area contributed by atoms with Crippen LogP contribution in [0.1, 0.15) is 19.8 Å². The Morgan fingerprint density at radius 3 is 2.18 bits per heavy atom. The molecule has 1 atom stereocenters. The number of ketones is 1. The summed E-state index contributed by atoms with van der Waals surface area (Å²) in [5.41, 5.74) is 0.532. The minimum absolute atomic E-state index is 0.00258. The Balaban J connectivity index is 1.73. The number of halogens is 1. The van der Waals surface area contributed by atoms with Gasteiger partial charge in [0.25, 0.3) is 11.8 Å². The number of benzene rings is 1. The molecule has 2 saturated heterocycles. The maximum atomic E-state index is 15.0. The average molecular weight is 466 g/mol. The van der Waals surface area contributed by atoms with E-state index >= 15 is 4.39 Å². The van der Waals surface area contributed by atoms with E-state index in [1.165, 1.54) is 24.0 Å². The molecule has 33 heavy (non-hydrogen) atoms. The second kappa shape index (κ2) is 10.6. The standard InChI is InChI=1S/C21H27FN4O7/c1-14(29)2-4-16-11-24(21(32)33-16)15-3-5-18(17(22)10-15)23-6-8-25(19(30)12-27)26(9-7-23)20(31)13-28/h3,5,10,16,27-28H,2,4,6-9,11-13H2,1H3/t16-/m0/s1. The van der Waals surface area contributed by atoms with E-state index in [1.54, 1.807) is 11.0 Å². The number of aliphatic hydroxyl groups is 2. The molecule has 1 aromatic carbocycles. The first kappa shape index (κ1) is 24.4. The maximum absolute atomic E-state index is 15.0. The fraction of sp³-hybridized carbons (Fsp3) is 0.524. The first-order valence-corrected chi connectivity index (χ1v) is 10.6. The molecule has 12 heteroatoms. The van der Waals surface area contributed by atoms with Crippen LogP contribution in [0.5, 0.6) is 0 Å². The van der Waals surface area contributed by atoms with E-state index in [0.717, 1.165) is 10.0 Å². The summed E-state index contributed by atoms with van der Waals surface area (Å²) in [5.74, 6) is -2.02. The molecule has 0 unspecified atom stereocenters. The minimum Gasteiger partial charge on any atom is -0.444 e. The Labute approximate surface area is 189 Å². The minimum atomic E-state index is -0.808. The Bertz CT molecular complexity index is 902. The molecule has 11 nitrogen and oxygen atoms in total. The lowest BCUT2D eigenvalue weighted by molar-refractivity contribution is -0.166. The van der Waals surface area contributed by atoms with Crippen LogP contribution in [0, 0.1) is 5.82 Å². The van der Waals surface area contributed by atoms with Gasteiger partial charge in [0.05, 0.1) is 31.0 Å². The van der Waals surface area contributed by atoms with Crippen molar-refractivity contribution in [1.82, 2.24) is 10.0 Å². The SMILES string of the molecule is CC(=O)CC[C@H]1CN(c2ccc(N3CCN(C(=O)CO)N(C(=O)CO)CC3)c(F)c2)C(=O)O1. The summed E-state index contributed by atoms with van der Waals surface area (Å²) < 4.78 is 20.3. The van der Waals surface area contributed by atoms with E-state index in [4.69, 9.17) is 4.74 Å². The van der Waals surface area contributed by atoms with Crippen LogP contribution in [0.25, 0.3) is 0 Å². The Hall–Kier alpha value is -3.25. The summed E-state index contributed by atoms with van der Waals surface area (Å²) in [6.07, 6.45) is -0.362. The molecule has 1 aromatic rings. The number of hydrogen-bond acceptors (Lipinski definition) is 8. The monoisotopic (exact) mass is 466 g/mol. The largest absolute Gasteiger partial charge is 0.444 e. The topological polar surface area (TPSA) is 131 Å². The Morgan fingerprint density at radius 1 is 1.06 bits per heavy atom. The van der Waals surface area contributed by atoms with E-state index in [1.807, 2.05) is 0 Å². The number of carbonyl (C=O) groups excluding carboxylic acids is 4. The van der Waals surface area contributed by atoms with Crippen LogP contribution in [-0.4, -0.2) is 96.0 Å². The van der Waals surface area contributed by atoms with Crippen LogP contribution in [0.2, 0.25) is 0 Å². The quantitative estimate of drug-likeness (QED) is 0.570. The van der Waals surface area contributed by atoms with Gasteiger partial charge in [-0.1, -0.05) is 0 Å². The smallest absolute Gasteiger partial charge is 0.414 e. The molecule has 3 amide bonds. The van der Waals surface area contributed by atoms with Crippen molar-refractivity contribution in [2.24, 2.45) is 0 Å². The Kier molecular flexibility index (Phi) is 7.82. The summed E-state index contributed by atoms with van der Waals surface area (Å²) >= 11 is 0. The van der Waals surface area contributed by atoms with Crippen molar-refractivity contribution in [1.29, 1.82) is 0 Å². The molecule has 2 aliphatic rings. The van der Waals surface area contributed by atoms with Crippen LogP contribution in [-0.2, 0) is 19.1 Å². The van der Waals surface area contributed by atoms with Gasteiger partial charge < -0.3 is 24.6 Å². The summed E-state index contributed by atoms with van der Waals surface area (Å²) in [6, 6.07) is 4.29. The second-order valence-corrected chi connectivity index (χ2v) is 7.83. The molecule has 3 rings (SSSR count). The van der Waals surface area contributed by atoms with Crippen molar-refractivity contribution in [3.63, 3.8) is 0 Å².